The molecule has 0 aliphatic heterocycles. The first-order valence-corrected chi connectivity index (χ1v) is 9.80. The summed E-state index contributed by atoms with van der Waals surface area (Å²) >= 11 is 5.83. The predicted octanol–water partition coefficient (Wildman–Crippen LogP) is 6.30. The molecule has 0 bridgehead atoms. The third-order valence-electron chi connectivity index (χ3n) is 4.75. The number of hydrogen-bond acceptors (Lipinski definition) is 5. The van der Waals surface area contributed by atoms with Crippen LogP contribution in [0.4, 0.5) is 11.6 Å². The van der Waals surface area contributed by atoms with E-state index in [1.807, 2.05) is 60.7 Å². The van der Waals surface area contributed by atoms with E-state index in [-0.39, 0.29) is 22.0 Å². The van der Waals surface area contributed by atoms with Crippen LogP contribution in [0.5, 0.6) is 0 Å². The smallest absolute Gasteiger partial charge is 0.288 e. The summed E-state index contributed by atoms with van der Waals surface area (Å²) in [5, 5.41) is 23.5. The summed E-state index contributed by atoms with van der Waals surface area (Å²) in [7, 11) is 0. The zero-order valence-corrected chi connectivity index (χ0v) is 17.2. The Morgan fingerprint density at radius 3 is 2.22 bits per heavy atom. The molecule has 0 radical (unpaired) electrons. The molecule has 4 aromatic rings. The second-order valence-corrected chi connectivity index (χ2v) is 7.14. The monoisotopic (exact) mass is 443 g/mol. The van der Waals surface area contributed by atoms with Crippen LogP contribution in [0.1, 0.15) is 15.9 Å². The van der Waals surface area contributed by atoms with Crippen molar-refractivity contribution in [2.45, 2.75) is 0 Å². The molecule has 0 aliphatic rings. The Morgan fingerprint density at radius 1 is 1.00 bits per heavy atom. The molecule has 4 rings (SSSR count). The largest absolute Gasteiger partial charge is 0.438 e. The van der Waals surface area contributed by atoms with Gasteiger partial charge in [0.1, 0.15) is 22.4 Å². The molecule has 0 fully saturated rings. The Kier molecular flexibility index (Phi) is 5.71. The van der Waals surface area contributed by atoms with Gasteiger partial charge in [0, 0.05) is 22.8 Å². The molecule has 0 saturated heterocycles. The molecular weight excluding hydrogens is 430 g/mol. The number of carbonyl (C=O) groups is 1. The third kappa shape index (κ3) is 3.95. The van der Waals surface area contributed by atoms with Crippen LogP contribution < -0.4 is 5.32 Å². The fourth-order valence-electron chi connectivity index (χ4n) is 3.27. The summed E-state index contributed by atoms with van der Waals surface area (Å²) in [4.78, 5) is 23.3. The molecule has 0 unspecified atom stereocenters. The highest BCUT2D eigenvalue weighted by Gasteiger charge is 2.25. The first-order valence-electron chi connectivity index (χ1n) is 9.42. The van der Waals surface area contributed by atoms with E-state index in [4.69, 9.17) is 16.0 Å². The van der Waals surface area contributed by atoms with Gasteiger partial charge in [-0.2, -0.15) is 5.26 Å². The van der Waals surface area contributed by atoms with Crippen LogP contribution in [0.3, 0.4) is 0 Å². The molecule has 0 atom stereocenters. The number of carbonyl (C=O) groups excluding carboxylic acids is 1. The number of halogens is 1. The van der Waals surface area contributed by atoms with Crippen molar-refractivity contribution < 1.29 is 14.1 Å². The SMILES string of the molecule is N#Cc1c(NC(=O)c2ccc(Cl)c([N+](=O)[O-])c2)oc(-c2ccccc2)c1-c1ccccc1. The molecule has 0 aliphatic carbocycles. The molecule has 0 saturated carbocycles. The second kappa shape index (κ2) is 8.76. The summed E-state index contributed by atoms with van der Waals surface area (Å²) in [6, 6.07) is 24.2. The molecular formula is C24H14ClN3O4. The van der Waals surface area contributed by atoms with Crippen LogP contribution in [0, 0.1) is 21.4 Å². The van der Waals surface area contributed by atoms with Crippen molar-refractivity contribution in [3.8, 4) is 28.5 Å². The van der Waals surface area contributed by atoms with Gasteiger partial charge >= 0.3 is 0 Å². The number of rotatable bonds is 5. The Hall–Kier alpha value is -4.41. The van der Waals surface area contributed by atoms with Gasteiger partial charge in [-0.25, -0.2) is 0 Å². The maximum Gasteiger partial charge on any atom is 0.288 e. The van der Waals surface area contributed by atoms with E-state index in [1.54, 1.807) is 0 Å². The topological polar surface area (TPSA) is 109 Å². The van der Waals surface area contributed by atoms with E-state index in [1.165, 1.54) is 12.1 Å². The summed E-state index contributed by atoms with van der Waals surface area (Å²) < 4.78 is 5.96. The number of anilines is 1. The lowest BCUT2D eigenvalue weighted by Gasteiger charge is -2.04. The molecule has 1 N–H and O–H groups in total. The van der Waals surface area contributed by atoms with Crippen LogP contribution in [0.2, 0.25) is 5.02 Å². The minimum atomic E-state index is -0.673. The van der Waals surface area contributed by atoms with Gasteiger partial charge in [0.05, 0.1) is 4.92 Å². The molecule has 8 heteroatoms. The fraction of sp³-hybridized carbons (Fsp3) is 0. The number of nitriles is 1. The van der Waals surface area contributed by atoms with Crippen LogP contribution >= 0.6 is 11.6 Å². The van der Waals surface area contributed by atoms with Crippen LogP contribution in [0.15, 0.2) is 83.3 Å². The fourth-order valence-corrected chi connectivity index (χ4v) is 3.45. The summed E-state index contributed by atoms with van der Waals surface area (Å²) in [6.45, 7) is 0. The Balaban J connectivity index is 1.81. The maximum absolute atomic E-state index is 12.8. The van der Waals surface area contributed by atoms with Crippen molar-refractivity contribution in [3.05, 3.63) is 105 Å². The zero-order chi connectivity index (χ0) is 22.7. The average Bonchev–Trinajstić information content (AvgIpc) is 3.18. The van der Waals surface area contributed by atoms with E-state index in [9.17, 15) is 20.2 Å². The van der Waals surface area contributed by atoms with E-state index >= 15 is 0 Å². The van der Waals surface area contributed by atoms with Gasteiger partial charge in [-0.1, -0.05) is 72.3 Å². The van der Waals surface area contributed by atoms with Crippen LogP contribution in [-0.4, -0.2) is 10.8 Å². The minimum Gasteiger partial charge on any atom is -0.438 e. The lowest BCUT2D eigenvalue weighted by Crippen LogP contribution is -2.12. The van der Waals surface area contributed by atoms with Gasteiger partial charge in [-0.3, -0.25) is 20.2 Å². The number of amides is 1. The van der Waals surface area contributed by atoms with Crippen LogP contribution in [-0.2, 0) is 0 Å². The highest BCUT2D eigenvalue weighted by Crippen LogP contribution is 2.41. The molecule has 7 nitrogen and oxygen atoms in total. The highest BCUT2D eigenvalue weighted by molar-refractivity contribution is 6.32. The van der Waals surface area contributed by atoms with Crippen molar-refractivity contribution in [1.29, 1.82) is 5.26 Å². The molecule has 1 amide bonds. The summed E-state index contributed by atoms with van der Waals surface area (Å²) in [6.07, 6.45) is 0. The molecule has 1 aromatic heterocycles. The Bertz CT molecular complexity index is 1360. The number of hydrogen-bond donors (Lipinski definition) is 1. The normalized spacial score (nSPS) is 10.4. The van der Waals surface area contributed by atoms with Gasteiger partial charge < -0.3 is 4.42 Å². The number of nitro groups is 1. The lowest BCUT2D eigenvalue weighted by molar-refractivity contribution is -0.384. The standard InChI is InChI=1S/C24H14ClN3O4/c25-19-12-11-17(13-20(19)28(30)31)23(29)27-24-18(14-26)21(15-7-3-1-4-8-15)22(32-24)16-9-5-2-6-10-16/h1-13H,(H,27,29). The zero-order valence-electron chi connectivity index (χ0n) is 16.4. The molecule has 0 spiro atoms. The van der Waals surface area contributed by atoms with Gasteiger partial charge in [0.15, 0.2) is 0 Å². The Morgan fingerprint density at radius 2 is 1.62 bits per heavy atom. The number of nitro benzene ring substituents is 1. The van der Waals surface area contributed by atoms with E-state index < -0.39 is 16.5 Å². The van der Waals surface area contributed by atoms with E-state index in [2.05, 4.69) is 11.4 Å². The van der Waals surface area contributed by atoms with Crippen molar-refractivity contribution in [2.24, 2.45) is 0 Å². The van der Waals surface area contributed by atoms with Gasteiger partial charge in [0.2, 0.25) is 5.88 Å². The molecule has 3 aromatic carbocycles. The highest BCUT2D eigenvalue weighted by atomic mass is 35.5. The molecule has 1 heterocycles. The van der Waals surface area contributed by atoms with E-state index in [0.717, 1.165) is 17.2 Å². The summed E-state index contributed by atoms with van der Waals surface area (Å²) in [5.41, 5.74) is 1.77. The van der Waals surface area contributed by atoms with Crippen LogP contribution in [0.25, 0.3) is 22.5 Å². The van der Waals surface area contributed by atoms with Gasteiger partial charge in [0.25, 0.3) is 11.6 Å². The van der Waals surface area contributed by atoms with Crippen molar-refractivity contribution in [1.82, 2.24) is 0 Å². The minimum absolute atomic E-state index is 0.00362. The number of furan rings is 1. The predicted molar refractivity (Wildman–Crippen MR) is 120 cm³/mol. The quantitative estimate of drug-likeness (QED) is 0.287. The number of nitrogens with zero attached hydrogens (tertiary/aromatic N) is 2. The van der Waals surface area contributed by atoms with E-state index in [0.29, 0.717) is 11.3 Å². The second-order valence-electron chi connectivity index (χ2n) is 6.73. The third-order valence-corrected chi connectivity index (χ3v) is 5.07. The summed E-state index contributed by atoms with van der Waals surface area (Å²) in [5.74, 6) is -0.298. The Labute approximate surface area is 187 Å². The van der Waals surface area contributed by atoms with Gasteiger partial charge in [-0.15, -0.1) is 0 Å². The van der Waals surface area contributed by atoms with Crippen molar-refractivity contribution in [3.63, 3.8) is 0 Å². The lowest BCUT2D eigenvalue weighted by atomic mass is 9.98. The van der Waals surface area contributed by atoms with Gasteiger partial charge in [-0.05, 0) is 17.7 Å². The maximum atomic E-state index is 12.8. The average molecular weight is 444 g/mol. The van der Waals surface area contributed by atoms with Crippen molar-refractivity contribution in [2.75, 3.05) is 5.32 Å². The first kappa shape index (κ1) is 20.8. The number of nitrogens with one attached hydrogen (secondary N) is 1. The first-order chi connectivity index (χ1) is 15.5. The molecule has 156 valence electrons. The number of benzene rings is 3. The molecule has 32 heavy (non-hydrogen) atoms. The van der Waals surface area contributed by atoms with Crippen molar-refractivity contribution >= 4 is 29.1 Å².